The summed E-state index contributed by atoms with van der Waals surface area (Å²) in [5.74, 6) is 2.48. The predicted molar refractivity (Wildman–Crippen MR) is 295 cm³/mol. The number of fused-ring (bicyclic) bond motifs is 9. The summed E-state index contributed by atoms with van der Waals surface area (Å²) < 4.78 is 106. The lowest BCUT2D eigenvalue weighted by atomic mass is 9.88. The van der Waals surface area contributed by atoms with Gasteiger partial charge in [0.1, 0.15) is 17.3 Å². The Bertz CT molecular complexity index is 4940. The van der Waals surface area contributed by atoms with Gasteiger partial charge in [-0.25, -0.2) is 9.97 Å². The summed E-state index contributed by atoms with van der Waals surface area (Å²) in [7, 11) is 0. The number of aromatic nitrogens is 7. The molecule has 0 amide bonds. The van der Waals surface area contributed by atoms with Crippen molar-refractivity contribution in [3.8, 4) is 56.6 Å². The Balaban J connectivity index is 1.02. The maximum Gasteiger partial charge on any atom is 0.269 e. The zero-order valence-electron chi connectivity index (χ0n) is 49.7. The summed E-state index contributed by atoms with van der Waals surface area (Å²) in [6, 6.07) is 47.1. The normalized spacial score (nSPS) is 14.0. The molecular weight excluding hydrogens is 895 g/mol. The van der Waals surface area contributed by atoms with Gasteiger partial charge in [-0.2, -0.15) is 0 Å². The van der Waals surface area contributed by atoms with Crippen molar-refractivity contribution in [1.29, 1.82) is 0 Å². The second-order valence-corrected chi connectivity index (χ2v) is 19.0. The van der Waals surface area contributed by atoms with Gasteiger partial charge in [-0.3, -0.25) is 22.7 Å². The minimum atomic E-state index is -0.586. The summed E-state index contributed by atoms with van der Waals surface area (Å²) in [6.45, 7) is 6.54. The van der Waals surface area contributed by atoms with Gasteiger partial charge in [0.2, 0.25) is 5.78 Å². The molecule has 14 aromatic rings. The highest BCUT2D eigenvalue weighted by atomic mass is 16.5. The summed E-state index contributed by atoms with van der Waals surface area (Å²) in [5.41, 5.74) is 8.81. The maximum atomic E-state index is 9.31. The van der Waals surface area contributed by atoms with Crippen LogP contribution in [0.3, 0.4) is 0 Å². The zero-order valence-corrected chi connectivity index (χ0v) is 39.7. The van der Waals surface area contributed by atoms with Crippen molar-refractivity contribution in [3.63, 3.8) is 0 Å². The Hall–Kier alpha value is -9.53. The molecule has 0 aliphatic rings. The van der Waals surface area contributed by atoms with E-state index in [9.17, 15) is 5.48 Å². The third kappa shape index (κ3) is 6.94. The van der Waals surface area contributed by atoms with Crippen LogP contribution in [0.5, 0.6) is 11.5 Å². The molecule has 8 heteroatoms. The quantitative estimate of drug-likeness (QED) is 0.113. The van der Waals surface area contributed by atoms with Crippen LogP contribution in [-0.2, 0) is 5.41 Å². The van der Waals surface area contributed by atoms with Crippen molar-refractivity contribution >= 4 is 60.7 Å². The number of hydrogen-bond acceptors (Lipinski definition) is 3. The lowest BCUT2D eigenvalue weighted by Crippen LogP contribution is -2.31. The first-order chi connectivity index (χ1) is 40.0. The molecule has 0 radical (unpaired) electrons. The predicted octanol–water partition coefficient (Wildman–Crippen LogP) is 15.4. The summed E-state index contributed by atoms with van der Waals surface area (Å²) in [6.07, 6.45) is 5.42. The van der Waals surface area contributed by atoms with Crippen LogP contribution >= 0.6 is 0 Å². The fourth-order valence-corrected chi connectivity index (χ4v) is 10.2. The summed E-state index contributed by atoms with van der Waals surface area (Å²) in [4.78, 5) is 10.0. The van der Waals surface area contributed by atoms with E-state index >= 15 is 0 Å². The van der Waals surface area contributed by atoms with Crippen molar-refractivity contribution in [2.75, 3.05) is 0 Å². The Morgan fingerprint density at radius 1 is 0.534 bits per heavy atom. The number of nitrogens with zero attached hydrogens (tertiary/aromatic N) is 7. The van der Waals surface area contributed by atoms with Gasteiger partial charge in [0.05, 0.1) is 69.2 Å². The van der Waals surface area contributed by atoms with Gasteiger partial charge in [0, 0.05) is 28.7 Å². The molecule has 5 heterocycles. The monoisotopic (exact) mass is 951 g/mol. The number of hydrogen-bond donors (Lipinski definition) is 0. The number of benzene rings is 9. The second-order valence-electron chi connectivity index (χ2n) is 19.0. The molecule has 0 saturated carbocycles. The standard InChI is InChI=1S/C65H47N7O/c1-65(2,3)45-36-37-66-62(38-45)71-55-28-12-10-24-52(55)53-34-33-49(41-60(53)71)73-48-23-16-22-46(39-48)68-42-69(63-50(43-18-6-4-7-19-43)25-17-26-51(63)44-20-8-5-9-21-44)61-40-47(32-35-57(61)68)70-58-30-14-15-31-59(58)72-56-29-13-11-27-54(56)67-64(70)72/h4-41H,1-3H3/i4D,5D,6D,7D,8D,9D,18D,19D,20D,21D. The first-order valence-corrected chi connectivity index (χ1v) is 23.9. The molecule has 0 spiro atoms. The third-order valence-corrected chi connectivity index (χ3v) is 13.6. The van der Waals surface area contributed by atoms with Gasteiger partial charge in [-0.05, 0) is 118 Å². The highest BCUT2D eigenvalue weighted by Crippen LogP contribution is 2.39. The second kappa shape index (κ2) is 16.5. The van der Waals surface area contributed by atoms with E-state index < -0.39 is 60.4 Å². The molecule has 14 rings (SSSR count). The van der Waals surface area contributed by atoms with E-state index in [-0.39, 0.29) is 33.4 Å². The van der Waals surface area contributed by atoms with Crippen molar-refractivity contribution in [2.45, 2.75) is 26.2 Å². The van der Waals surface area contributed by atoms with E-state index in [2.05, 4.69) is 64.9 Å². The van der Waals surface area contributed by atoms with E-state index in [1.807, 2.05) is 132 Å². The van der Waals surface area contributed by atoms with E-state index in [0.29, 0.717) is 39.7 Å². The van der Waals surface area contributed by atoms with Gasteiger partial charge >= 0.3 is 0 Å². The Labute approximate surface area is 435 Å². The molecule has 0 aliphatic carbocycles. The minimum Gasteiger partial charge on any atom is -0.458 e. The highest BCUT2D eigenvalue weighted by molar-refractivity contribution is 6.09. The fourth-order valence-electron chi connectivity index (χ4n) is 10.2. The van der Waals surface area contributed by atoms with Crippen LogP contribution in [-0.4, -0.2) is 28.1 Å². The third-order valence-electron chi connectivity index (χ3n) is 13.6. The van der Waals surface area contributed by atoms with Crippen molar-refractivity contribution in [3.05, 3.63) is 242 Å². The van der Waals surface area contributed by atoms with E-state index in [1.54, 1.807) is 22.8 Å². The summed E-state index contributed by atoms with van der Waals surface area (Å²) in [5, 5.41) is 2.10. The molecule has 0 N–H and O–H groups in total. The molecule has 0 unspecified atom stereocenters. The molecule has 0 atom stereocenters. The largest absolute Gasteiger partial charge is 0.458 e. The van der Waals surface area contributed by atoms with E-state index in [1.165, 1.54) is 0 Å². The van der Waals surface area contributed by atoms with Gasteiger partial charge in [0.15, 0.2) is 0 Å². The number of para-hydroxylation sites is 6. The van der Waals surface area contributed by atoms with Crippen LogP contribution in [0.25, 0.3) is 106 Å². The van der Waals surface area contributed by atoms with Gasteiger partial charge in [-0.1, -0.05) is 154 Å². The smallest absolute Gasteiger partial charge is 0.269 e. The van der Waals surface area contributed by atoms with Crippen LogP contribution in [0.2, 0.25) is 0 Å². The molecule has 0 aliphatic heterocycles. The van der Waals surface area contributed by atoms with Crippen molar-refractivity contribution in [1.82, 2.24) is 28.1 Å². The Morgan fingerprint density at radius 2 is 1.21 bits per heavy atom. The number of pyridine rings is 1. The summed E-state index contributed by atoms with van der Waals surface area (Å²) >= 11 is 0. The highest BCUT2D eigenvalue weighted by Gasteiger charge is 2.24. The molecule has 0 bridgehead atoms. The Morgan fingerprint density at radius 3 is 1.97 bits per heavy atom. The SMILES string of the molecule is [2H]c1c([2H])c([2H])c(-c2cccc(-c3c([2H])c([2H])c([2H])c([2H])c3[2H])c2-[n+]2[c-]n(-c3cccc(Oc4ccc5c6ccccc6n(-c6cc(C(C)(C)C)ccn6)c5c4)c3)c3ccc(-n4c5ccccc5n5c6ccccc6nc45)cc32)c([2H])c1[2H]. The van der Waals surface area contributed by atoms with Crippen molar-refractivity contribution < 1.29 is 23.0 Å². The molecule has 0 saturated heterocycles. The first-order valence-electron chi connectivity index (χ1n) is 28.9. The lowest BCUT2D eigenvalue weighted by Gasteiger charge is -2.20. The average molecular weight is 952 g/mol. The topological polar surface area (TPSA) is 58.1 Å². The van der Waals surface area contributed by atoms with Crippen LogP contribution < -0.4 is 9.30 Å². The molecule has 73 heavy (non-hydrogen) atoms. The zero-order chi connectivity index (χ0) is 57.5. The van der Waals surface area contributed by atoms with Crippen LogP contribution in [0.1, 0.15) is 40.0 Å². The molecule has 9 aromatic carbocycles. The molecule has 348 valence electrons. The number of rotatable bonds is 8. The van der Waals surface area contributed by atoms with Crippen LogP contribution in [0, 0.1) is 6.33 Å². The molecule has 0 fully saturated rings. The van der Waals surface area contributed by atoms with E-state index in [0.717, 1.165) is 55.3 Å². The molecular formula is C65H47N7O. The molecule has 5 aromatic heterocycles. The first kappa shape index (κ1) is 33.1. The number of ether oxygens (including phenoxy) is 1. The fraction of sp³-hybridized carbons (Fsp3) is 0.0615. The van der Waals surface area contributed by atoms with Gasteiger partial charge in [0.25, 0.3) is 6.33 Å². The van der Waals surface area contributed by atoms with Gasteiger partial charge < -0.3 is 4.74 Å². The van der Waals surface area contributed by atoms with E-state index in [4.69, 9.17) is 22.9 Å². The van der Waals surface area contributed by atoms with Gasteiger partial charge in [-0.15, -0.1) is 0 Å². The van der Waals surface area contributed by atoms with Crippen LogP contribution in [0.4, 0.5) is 0 Å². The van der Waals surface area contributed by atoms with Crippen molar-refractivity contribution in [2.24, 2.45) is 0 Å². The minimum absolute atomic E-state index is 0.111. The Kier molecular flexibility index (Phi) is 7.50. The van der Waals surface area contributed by atoms with Crippen LogP contribution in [0.15, 0.2) is 230 Å². The number of imidazole rings is 3. The molecule has 8 nitrogen and oxygen atoms in total. The maximum absolute atomic E-state index is 9.31. The lowest BCUT2D eigenvalue weighted by molar-refractivity contribution is -0.571. The average Bonchev–Trinajstić information content (AvgIpc) is 2.04.